The van der Waals surface area contributed by atoms with Crippen molar-refractivity contribution in [1.82, 2.24) is 10.0 Å². The summed E-state index contributed by atoms with van der Waals surface area (Å²) in [7, 11) is -4.04. The predicted octanol–water partition coefficient (Wildman–Crippen LogP) is 0.678. The lowest BCUT2D eigenvalue weighted by Crippen LogP contribution is -2.48. The summed E-state index contributed by atoms with van der Waals surface area (Å²) in [5.41, 5.74) is 5.95. The molecule has 0 aliphatic carbocycles. The molecule has 31 heavy (non-hydrogen) atoms. The molecule has 0 unspecified atom stereocenters. The van der Waals surface area contributed by atoms with E-state index in [2.05, 4.69) is 10.0 Å². The van der Waals surface area contributed by atoms with Crippen molar-refractivity contribution in [2.45, 2.75) is 23.8 Å². The molecule has 10 nitrogen and oxygen atoms in total. The minimum atomic E-state index is -4.04. The zero-order valence-corrected chi connectivity index (χ0v) is 17.4. The Bertz CT molecular complexity index is 1010. The molecule has 0 saturated heterocycles. The van der Waals surface area contributed by atoms with Crippen molar-refractivity contribution in [3.8, 4) is 5.75 Å². The van der Waals surface area contributed by atoms with Gasteiger partial charge in [0.05, 0.1) is 11.5 Å². The van der Waals surface area contributed by atoms with Crippen molar-refractivity contribution in [1.29, 1.82) is 5.41 Å². The Morgan fingerprint density at radius 3 is 2.32 bits per heavy atom. The van der Waals surface area contributed by atoms with E-state index in [0.717, 1.165) is 0 Å². The van der Waals surface area contributed by atoms with E-state index in [-0.39, 0.29) is 23.8 Å². The van der Waals surface area contributed by atoms with Crippen molar-refractivity contribution in [3.05, 3.63) is 60.2 Å². The molecule has 1 amide bonds. The van der Waals surface area contributed by atoms with Gasteiger partial charge in [-0.3, -0.25) is 15.0 Å². The van der Waals surface area contributed by atoms with Crippen LogP contribution in [0.4, 0.5) is 0 Å². The van der Waals surface area contributed by atoms with Crippen LogP contribution < -0.4 is 20.5 Å². The molecule has 166 valence electrons. The van der Waals surface area contributed by atoms with Gasteiger partial charge in [0.2, 0.25) is 15.9 Å². The fourth-order valence-corrected chi connectivity index (χ4v) is 3.70. The quantitative estimate of drug-likeness (QED) is 0.180. The van der Waals surface area contributed by atoms with Crippen LogP contribution in [0.2, 0.25) is 0 Å². The number of nitrogens with two attached hydrogens (primary N) is 1. The summed E-state index contributed by atoms with van der Waals surface area (Å²) in [5.74, 6) is -1.32. The van der Waals surface area contributed by atoms with E-state index >= 15 is 0 Å². The molecule has 0 aliphatic rings. The van der Waals surface area contributed by atoms with Crippen LogP contribution in [-0.4, -0.2) is 50.4 Å². The summed E-state index contributed by atoms with van der Waals surface area (Å²) in [6.07, 6.45) is 0.442. The summed E-state index contributed by atoms with van der Waals surface area (Å²) in [6.45, 7) is -0.149. The van der Waals surface area contributed by atoms with Crippen molar-refractivity contribution < 1.29 is 27.9 Å². The maximum Gasteiger partial charge on any atom is 0.323 e. The number of sulfonamides is 1. The number of carbonyl (C=O) groups is 2. The summed E-state index contributed by atoms with van der Waals surface area (Å²) in [6, 6.07) is 12.5. The molecule has 0 fully saturated rings. The Labute approximate surface area is 180 Å². The van der Waals surface area contributed by atoms with E-state index in [1.54, 1.807) is 30.3 Å². The number of nitrogens with one attached hydrogen (secondary N) is 3. The zero-order chi connectivity index (χ0) is 22.9. The van der Waals surface area contributed by atoms with Gasteiger partial charge >= 0.3 is 5.97 Å². The van der Waals surface area contributed by atoms with E-state index in [1.807, 2.05) is 0 Å². The third-order valence-corrected chi connectivity index (χ3v) is 5.62. The standard InChI is InChI=1S/C20H24N4O6S/c21-19(22)14-8-10-15(11-9-14)30-12-4-7-18(25)23-13-17(20(26)27)24-31(28,29)16-5-2-1-3-6-16/h1-3,5-6,8-11,17,24H,4,7,12-13H2,(H3,21,22)(H,23,25)(H,26,27)/t17-/m0/s1. The second kappa shape index (κ2) is 11.1. The minimum Gasteiger partial charge on any atom is -0.494 e. The van der Waals surface area contributed by atoms with Crippen LogP contribution in [0.5, 0.6) is 5.75 Å². The average Bonchev–Trinajstić information content (AvgIpc) is 2.75. The number of benzene rings is 2. The first-order valence-electron chi connectivity index (χ1n) is 9.33. The molecule has 0 bridgehead atoms. The van der Waals surface area contributed by atoms with E-state index in [4.69, 9.17) is 15.9 Å². The van der Waals surface area contributed by atoms with Crippen molar-refractivity contribution in [2.24, 2.45) is 5.73 Å². The highest BCUT2D eigenvalue weighted by Gasteiger charge is 2.25. The summed E-state index contributed by atoms with van der Waals surface area (Å²) in [5, 5.41) is 19.0. The molecule has 1 atom stereocenters. The predicted molar refractivity (Wildman–Crippen MR) is 113 cm³/mol. The van der Waals surface area contributed by atoms with Crippen LogP contribution in [0.15, 0.2) is 59.5 Å². The number of hydrogen-bond donors (Lipinski definition) is 5. The Morgan fingerprint density at radius 1 is 1.10 bits per heavy atom. The van der Waals surface area contributed by atoms with Crippen LogP contribution in [0, 0.1) is 5.41 Å². The molecular weight excluding hydrogens is 424 g/mol. The number of carboxylic acid groups (broad SMARTS) is 1. The molecule has 0 heterocycles. The highest BCUT2D eigenvalue weighted by atomic mass is 32.2. The van der Waals surface area contributed by atoms with Crippen LogP contribution in [-0.2, 0) is 19.6 Å². The second-order valence-electron chi connectivity index (χ2n) is 6.52. The normalized spacial score (nSPS) is 12.0. The lowest BCUT2D eigenvalue weighted by atomic mass is 10.2. The van der Waals surface area contributed by atoms with Gasteiger partial charge in [-0.15, -0.1) is 0 Å². The molecule has 0 spiro atoms. The first-order chi connectivity index (χ1) is 14.7. The highest BCUT2D eigenvalue weighted by Crippen LogP contribution is 2.12. The largest absolute Gasteiger partial charge is 0.494 e. The number of nitrogen functional groups attached to an aromatic ring is 1. The number of amidine groups is 1. The Hall–Kier alpha value is -3.44. The molecule has 11 heteroatoms. The van der Waals surface area contributed by atoms with Crippen LogP contribution in [0.1, 0.15) is 18.4 Å². The molecule has 0 aliphatic heterocycles. The van der Waals surface area contributed by atoms with E-state index in [9.17, 15) is 23.1 Å². The fraction of sp³-hybridized carbons (Fsp3) is 0.250. The number of carboxylic acids is 1. The topological polar surface area (TPSA) is 172 Å². The van der Waals surface area contributed by atoms with Crippen LogP contribution >= 0.6 is 0 Å². The van der Waals surface area contributed by atoms with E-state index in [0.29, 0.717) is 17.7 Å². The van der Waals surface area contributed by atoms with Gasteiger partial charge in [-0.25, -0.2) is 8.42 Å². The summed E-state index contributed by atoms with van der Waals surface area (Å²) >= 11 is 0. The van der Waals surface area contributed by atoms with Crippen molar-refractivity contribution in [3.63, 3.8) is 0 Å². The Balaban J connectivity index is 1.76. The van der Waals surface area contributed by atoms with Gasteiger partial charge in [0, 0.05) is 18.5 Å². The molecule has 2 rings (SSSR count). The molecule has 0 radical (unpaired) electrons. The second-order valence-corrected chi connectivity index (χ2v) is 8.23. The van der Waals surface area contributed by atoms with Gasteiger partial charge in [0.15, 0.2) is 0 Å². The first-order valence-corrected chi connectivity index (χ1v) is 10.8. The number of carbonyl (C=O) groups excluding carboxylic acids is 1. The molecule has 0 saturated carbocycles. The third kappa shape index (κ3) is 7.72. The SMILES string of the molecule is N=C(N)c1ccc(OCCCC(=O)NC[C@H](NS(=O)(=O)c2ccccc2)C(=O)O)cc1. The molecule has 2 aromatic carbocycles. The Kier molecular flexibility index (Phi) is 8.53. The number of aliphatic carboxylic acids is 1. The van der Waals surface area contributed by atoms with Gasteiger partial charge in [-0.05, 0) is 42.8 Å². The van der Waals surface area contributed by atoms with Crippen molar-refractivity contribution in [2.75, 3.05) is 13.2 Å². The lowest BCUT2D eigenvalue weighted by Gasteiger charge is -2.15. The first kappa shape index (κ1) is 23.8. The zero-order valence-electron chi connectivity index (χ0n) is 16.6. The Morgan fingerprint density at radius 2 is 1.74 bits per heavy atom. The third-order valence-electron chi connectivity index (χ3n) is 4.13. The summed E-state index contributed by atoms with van der Waals surface area (Å²) in [4.78, 5) is 23.3. The highest BCUT2D eigenvalue weighted by molar-refractivity contribution is 7.89. The molecule has 0 aromatic heterocycles. The maximum atomic E-state index is 12.3. The molecular formula is C20H24N4O6S. The van der Waals surface area contributed by atoms with Gasteiger partial charge in [-0.2, -0.15) is 4.72 Å². The fourth-order valence-electron chi connectivity index (χ4n) is 2.49. The van der Waals surface area contributed by atoms with Crippen molar-refractivity contribution >= 4 is 27.7 Å². The number of hydrogen-bond acceptors (Lipinski definition) is 6. The number of ether oxygens (including phenoxy) is 1. The smallest absolute Gasteiger partial charge is 0.323 e. The average molecular weight is 449 g/mol. The maximum absolute atomic E-state index is 12.3. The van der Waals surface area contributed by atoms with E-state index in [1.165, 1.54) is 24.3 Å². The van der Waals surface area contributed by atoms with E-state index < -0.39 is 34.5 Å². The molecule has 6 N–H and O–H groups in total. The monoisotopic (exact) mass is 448 g/mol. The van der Waals surface area contributed by atoms with Gasteiger partial charge in [-0.1, -0.05) is 18.2 Å². The number of rotatable bonds is 12. The lowest BCUT2D eigenvalue weighted by molar-refractivity contribution is -0.138. The van der Waals surface area contributed by atoms with Gasteiger partial charge < -0.3 is 20.9 Å². The van der Waals surface area contributed by atoms with Gasteiger partial charge in [0.1, 0.15) is 17.6 Å². The number of amides is 1. The molecule has 2 aromatic rings. The minimum absolute atomic E-state index is 0.0473. The van der Waals surface area contributed by atoms with Crippen LogP contribution in [0.25, 0.3) is 0 Å². The van der Waals surface area contributed by atoms with Gasteiger partial charge in [0.25, 0.3) is 0 Å². The summed E-state index contributed by atoms with van der Waals surface area (Å²) < 4.78 is 32.1. The van der Waals surface area contributed by atoms with Crippen LogP contribution in [0.3, 0.4) is 0 Å².